The molecule has 0 aliphatic carbocycles. The summed E-state index contributed by atoms with van der Waals surface area (Å²) < 4.78 is 0. The second-order valence-corrected chi connectivity index (χ2v) is 5.54. The molecule has 1 atom stereocenters. The summed E-state index contributed by atoms with van der Waals surface area (Å²) >= 11 is 7.10. The quantitative estimate of drug-likeness (QED) is 0.688. The maximum absolute atomic E-state index is 5.17. The molecule has 0 aliphatic heterocycles. The molecule has 0 aliphatic rings. The van der Waals surface area contributed by atoms with Gasteiger partial charge in [0.05, 0.1) is 0 Å². The first-order valence-corrected chi connectivity index (χ1v) is 6.74. The standard InChI is InChI=1S/C10H22N2S2/c1-5-14-7-9(4)12-10(13)11-6-8(2)3/h8-9H,5-7H2,1-4H3,(H2,11,12,13). The van der Waals surface area contributed by atoms with Crippen molar-refractivity contribution in [1.29, 1.82) is 0 Å². The fourth-order valence-electron chi connectivity index (χ4n) is 0.908. The summed E-state index contributed by atoms with van der Waals surface area (Å²) in [5, 5.41) is 7.25. The number of hydrogen-bond acceptors (Lipinski definition) is 2. The van der Waals surface area contributed by atoms with Gasteiger partial charge in [0.25, 0.3) is 0 Å². The molecule has 0 saturated carbocycles. The molecule has 0 heterocycles. The monoisotopic (exact) mass is 234 g/mol. The molecular weight excluding hydrogens is 212 g/mol. The van der Waals surface area contributed by atoms with Crippen molar-refractivity contribution in [3.63, 3.8) is 0 Å². The van der Waals surface area contributed by atoms with Crippen molar-refractivity contribution in [2.24, 2.45) is 5.92 Å². The topological polar surface area (TPSA) is 24.1 Å². The van der Waals surface area contributed by atoms with Crippen LogP contribution >= 0.6 is 24.0 Å². The highest BCUT2D eigenvalue weighted by Crippen LogP contribution is 2.00. The molecule has 1 unspecified atom stereocenters. The van der Waals surface area contributed by atoms with E-state index >= 15 is 0 Å². The Morgan fingerprint density at radius 1 is 1.36 bits per heavy atom. The number of thioether (sulfide) groups is 1. The Hall–Kier alpha value is 0.0400. The van der Waals surface area contributed by atoms with Crippen LogP contribution in [0.2, 0.25) is 0 Å². The van der Waals surface area contributed by atoms with Crippen molar-refractivity contribution < 1.29 is 0 Å². The third-order valence-corrected chi connectivity index (χ3v) is 3.03. The lowest BCUT2D eigenvalue weighted by Gasteiger charge is -2.17. The molecule has 2 N–H and O–H groups in total. The summed E-state index contributed by atoms with van der Waals surface area (Å²) in [5.41, 5.74) is 0. The minimum atomic E-state index is 0.451. The lowest BCUT2D eigenvalue weighted by atomic mass is 10.2. The molecule has 0 fully saturated rings. The minimum Gasteiger partial charge on any atom is -0.362 e. The maximum Gasteiger partial charge on any atom is 0.166 e. The van der Waals surface area contributed by atoms with Gasteiger partial charge in [-0.3, -0.25) is 0 Å². The van der Waals surface area contributed by atoms with Crippen LogP contribution in [0.3, 0.4) is 0 Å². The van der Waals surface area contributed by atoms with Crippen LogP contribution in [0.15, 0.2) is 0 Å². The van der Waals surface area contributed by atoms with Gasteiger partial charge in [-0.2, -0.15) is 11.8 Å². The van der Waals surface area contributed by atoms with E-state index in [1.807, 2.05) is 11.8 Å². The third kappa shape index (κ3) is 8.63. The van der Waals surface area contributed by atoms with E-state index in [0.717, 1.165) is 23.2 Å². The van der Waals surface area contributed by atoms with Gasteiger partial charge in [-0.25, -0.2) is 0 Å². The largest absolute Gasteiger partial charge is 0.362 e. The Labute approximate surface area is 97.6 Å². The summed E-state index contributed by atoms with van der Waals surface area (Å²) in [4.78, 5) is 0. The lowest BCUT2D eigenvalue weighted by molar-refractivity contribution is 0.612. The van der Waals surface area contributed by atoms with Gasteiger partial charge in [0.2, 0.25) is 0 Å². The molecule has 2 nitrogen and oxygen atoms in total. The molecule has 4 heteroatoms. The van der Waals surface area contributed by atoms with Crippen LogP contribution in [0.1, 0.15) is 27.7 Å². The van der Waals surface area contributed by atoms with Crippen LogP contribution in [0.25, 0.3) is 0 Å². The van der Waals surface area contributed by atoms with Gasteiger partial charge in [-0.05, 0) is 30.8 Å². The normalized spacial score (nSPS) is 12.6. The molecule has 0 amide bonds. The van der Waals surface area contributed by atoms with E-state index in [0.29, 0.717) is 12.0 Å². The third-order valence-electron chi connectivity index (χ3n) is 1.62. The first-order valence-electron chi connectivity index (χ1n) is 5.18. The van der Waals surface area contributed by atoms with Gasteiger partial charge in [-0.1, -0.05) is 20.8 Å². The van der Waals surface area contributed by atoms with Gasteiger partial charge in [0.15, 0.2) is 5.11 Å². The fraction of sp³-hybridized carbons (Fsp3) is 0.900. The first kappa shape index (κ1) is 14.0. The Balaban J connectivity index is 3.50. The number of hydrogen-bond donors (Lipinski definition) is 2. The SMILES string of the molecule is CCSCC(C)NC(=S)NCC(C)C. The predicted octanol–water partition coefficient (Wildman–Crippen LogP) is 2.25. The van der Waals surface area contributed by atoms with Crippen molar-refractivity contribution in [2.75, 3.05) is 18.1 Å². The van der Waals surface area contributed by atoms with E-state index < -0.39 is 0 Å². The van der Waals surface area contributed by atoms with E-state index in [1.165, 1.54) is 0 Å². The molecule has 84 valence electrons. The molecule has 0 spiro atoms. The molecule has 0 radical (unpaired) electrons. The van der Waals surface area contributed by atoms with Crippen molar-refractivity contribution in [3.8, 4) is 0 Å². The summed E-state index contributed by atoms with van der Waals surface area (Å²) in [6.07, 6.45) is 0. The van der Waals surface area contributed by atoms with E-state index in [-0.39, 0.29) is 0 Å². The Kier molecular flexibility index (Phi) is 8.38. The summed E-state index contributed by atoms with van der Waals surface area (Å²) in [5.74, 6) is 2.91. The maximum atomic E-state index is 5.17. The zero-order valence-corrected chi connectivity index (χ0v) is 11.2. The second kappa shape index (κ2) is 8.36. The van der Waals surface area contributed by atoms with Crippen molar-refractivity contribution in [1.82, 2.24) is 10.6 Å². The van der Waals surface area contributed by atoms with Gasteiger partial charge in [-0.15, -0.1) is 0 Å². The Morgan fingerprint density at radius 3 is 2.50 bits per heavy atom. The smallest absolute Gasteiger partial charge is 0.166 e. The van der Waals surface area contributed by atoms with Crippen molar-refractivity contribution in [2.45, 2.75) is 33.7 Å². The highest BCUT2D eigenvalue weighted by Gasteiger charge is 2.03. The van der Waals surface area contributed by atoms with Gasteiger partial charge >= 0.3 is 0 Å². The molecule has 0 bridgehead atoms. The van der Waals surface area contributed by atoms with Crippen molar-refractivity contribution >= 4 is 29.1 Å². The molecule has 0 aromatic rings. The molecule has 0 aromatic heterocycles. The molecular formula is C10H22N2S2. The fourth-order valence-corrected chi connectivity index (χ4v) is 1.87. The van der Waals surface area contributed by atoms with E-state index in [4.69, 9.17) is 12.2 Å². The molecule has 0 aromatic carbocycles. The molecule has 0 rings (SSSR count). The van der Waals surface area contributed by atoms with Crippen LogP contribution in [-0.2, 0) is 0 Å². The van der Waals surface area contributed by atoms with Crippen molar-refractivity contribution in [3.05, 3.63) is 0 Å². The summed E-state index contributed by atoms with van der Waals surface area (Å²) in [7, 11) is 0. The highest BCUT2D eigenvalue weighted by atomic mass is 32.2. The number of rotatable bonds is 6. The zero-order valence-electron chi connectivity index (χ0n) is 9.59. The second-order valence-electron chi connectivity index (χ2n) is 3.81. The summed E-state index contributed by atoms with van der Waals surface area (Å²) in [6.45, 7) is 9.62. The zero-order chi connectivity index (χ0) is 11.0. The Morgan fingerprint density at radius 2 is 2.00 bits per heavy atom. The number of nitrogens with one attached hydrogen (secondary N) is 2. The Bertz CT molecular complexity index is 160. The van der Waals surface area contributed by atoms with Gasteiger partial charge < -0.3 is 10.6 Å². The summed E-state index contributed by atoms with van der Waals surface area (Å²) in [6, 6.07) is 0.451. The average Bonchev–Trinajstić information content (AvgIpc) is 2.11. The van der Waals surface area contributed by atoms with E-state index in [1.54, 1.807) is 0 Å². The van der Waals surface area contributed by atoms with Crippen LogP contribution < -0.4 is 10.6 Å². The van der Waals surface area contributed by atoms with E-state index in [9.17, 15) is 0 Å². The van der Waals surface area contributed by atoms with Crippen LogP contribution in [-0.4, -0.2) is 29.2 Å². The van der Waals surface area contributed by atoms with Gasteiger partial charge in [0, 0.05) is 18.3 Å². The predicted molar refractivity (Wildman–Crippen MR) is 71.0 cm³/mol. The van der Waals surface area contributed by atoms with Crippen LogP contribution in [0, 0.1) is 5.92 Å². The molecule has 14 heavy (non-hydrogen) atoms. The highest BCUT2D eigenvalue weighted by molar-refractivity contribution is 7.99. The first-order chi connectivity index (χ1) is 6.56. The van der Waals surface area contributed by atoms with Gasteiger partial charge in [0.1, 0.15) is 0 Å². The molecule has 0 saturated heterocycles. The lowest BCUT2D eigenvalue weighted by Crippen LogP contribution is -2.42. The average molecular weight is 234 g/mol. The van der Waals surface area contributed by atoms with Crippen LogP contribution in [0.4, 0.5) is 0 Å². The minimum absolute atomic E-state index is 0.451. The van der Waals surface area contributed by atoms with Crippen LogP contribution in [0.5, 0.6) is 0 Å². The van der Waals surface area contributed by atoms with E-state index in [2.05, 4.69) is 38.3 Å². The number of thiocarbonyl (C=S) groups is 1.